The topological polar surface area (TPSA) is 20.2 Å². The van der Waals surface area contributed by atoms with Gasteiger partial charge in [0.1, 0.15) is 0 Å². The number of unbranched alkanes of at least 4 members (excludes halogenated alkanes) is 1. The van der Waals surface area contributed by atoms with Crippen LogP contribution < -0.4 is 0 Å². The van der Waals surface area contributed by atoms with E-state index in [9.17, 15) is 0 Å². The van der Waals surface area contributed by atoms with Gasteiger partial charge in [0.15, 0.2) is 0 Å². The standard InChI is InChI=1S/C9H20NO/c1-10(6-2-3-7-10)8-4-5-9-11/h11H,2-9H2,1H3/q+1. The van der Waals surface area contributed by atoms with Gasteiger partial charge in [0.2, 0.25) is 0 Å². The highest BCUT2D eigenvalue weighted by Crippen LogP contribution is 2.16. The molecular weight excluding hydrogens is 138 g/mol. The van der Waals surface area contributed by atoms with Crippen molar-refractivity contribution < 1.29 is 9.59 Å². The first-order valence-corrected chi connectivity index (χ1v) is 4.71. The molecule has 0 bridgehead atoms. The summed E-state index contributed by atoms with van der Waals surface area (Å²) in [4.78, 5) is 0. The Hall–Kier alpha value is -0.0800. The summed E-state index contributed by atoms with van der Waals surface area (Å²) in [6, 6.07) is 0. The monoisotopic (exact) mass is 158 g/mol. The van der Waals surface area contributed by atoms with Crippen LogP contribution in [0.5, 0.6) is 0 Å². The van der Waals surface area contributed by atoms with Gasteiger partial charge in [-0.05, 0) is 12.8 Å². The minimum atomic E-state index is 0.361. The molecule has 1 saturated heterocycles. The summed E-state index contributed by atoms with van der Waals surface area (Å²) in [6.45, 7) is 4.33. The minimum absolute atomic E-state index is 0.361. The smallest absolute Gasteiger partial charge is 0.0786 e. The van der Waals surface area contributed by atoms with E-state index in [1.54, 1.807) is 0 Å². The van der Waals surface area contributed by atoms with Crippen molar-refractivity contribution in [3.8, 4) is 0 Å². The molecule has 2 heteroatoms. The summed E-state index contributed by atoms with van der Waals surface area (Å²) < 4.78 is 1.25. The van der Waals surface area contributed by atoms with Gasteiger partial charge in [-0.3, -0.25) is 0 Å². The Balaban J connectivity index is 2.13. The van der Waals surface area contributed by atoms with Crippen LogP contribution in [0.4, 0.5) is 0 Å². The highest BCUT2D eigenvalue weighted by Gasteiger charge is 2.25. The zero-order valence-electron chi connectivity index (χ0n) is 7.55. The van der Waals surface area contributed by atoms with Crippen LogP contribution >= 0.6 is 0 Å². The Labute approximate surface area is 69.4 Å². The third kappa shape index (κ3) is 2.80. The molecule has 11 heavy (non-hydrogen) atoms. The molecule has 0 atom stereocenters. The van der Waals surface area contributed by atoms with Crippen molar-refractivity contribution >= 4 is 0 Å². The fraction of sp³-hybridized carbons (Fsp3) is 1.00. The van der Waals surface area contributed by atoms with Crippen LogP contribution in [0.25, 0.3) is 0 Å². The zero-order valence-corrected chi connectivity index (χ0v) is 7.55. The van der Waals surface area contributed by atoms with Gasteiger partial charge in [0, 0.05) is 19.4 Å². The lowest BCUT2D eigenvalue weighted by molar-refractivity contribution is -0.897. The van der Waals surface area contributed by atoms with E-state index >= 15 is 0 Å². The van der Waals surface area contributed by atoms with E-state index in [4.69, 9.17) is 5.11 Å². The summed E-state index contributed by atoms with van der Waals surface area (Å²) >= 11 is 0. The maximum atomic E-state index is 8.62. The van der Waals surface area contributed by atoms with Crippen LogP contribution in [-0.4, -0.2) is 42.9 Å². The van der Waals surface area contributed by atoms with E-state index in [0.29, 0.717) is 6.61 Å². The van der Waals surface area contributed by atoms with Crippen molar-refractivity contribution in [1.82, 2.24) is 0 Å². The quantitative estimate of drug-likeness (QED) is 0.478. The van der Waals surface area contributed by atoms with Crippen LogP contribution in [0.3, 0.4) is 0 Å². The summed E-state index contributed by atoms with van der Waals surface area (Å²) in [7, 11) is 2.34. The largest absolute Gasteiger partial charge is 0.396 e. The van der Waals surface area contributed by atoms with Gasteiger partial charge in [-0.25, -0.2) is 0 Å². The van der Waals surface area contributed by atoms with Gasteiger partial charge in [-0.2, -0.15) is 0 Å². The van der Waals surface area contributed by atoms with Crippen molar-refractivity contribution in [1.29, 1.82) is 0 Å². The van der Waals surface area contributed by atoms with Crippen molar-refractivity contribution in [2.45, 2.75) is 25.7 Å². The molecule has 1 N–H and O–H groups in total. The molecule has 1 aliphatic heterocycles. The molecule has 0 radical (unpaired) electrons. The fourth-order valence-corrected chi connectivity index (χ4v) is 1.93. The second kappa shape index (κ2) is 4.07. The number of aliphatic hydroxyl groups excluding tert-OH is 1. The number of aliphatic hydroxyl groups is 1. The van der Waals surface area contributed by atoms with E-state index in [1.165, 1.54) is 43.4 Å². The molecule has 0 aliphatic carbocycles. The van der Waals surface area contributed by atoms with Crippen LogP contribution in [0.15, 0.2) is 0 Å². The summed E-state index contributed by atoms with van der Waals surface area (Å²) in [5.41, 5.74) is 0. The highest BCUT2D eigenvalue weighted by atomic mass is 16.2. The average molecular weight is 158 g/mol. The Morgan fingerprint density at radius 3 is 2.36 bits per heavy atom. The lowest BCUT2D eigenvalue weighted by Gasteiger charge is -2.28. The second-order valence-electron chi connectivity index (χ2n) is 3.93. The second-order valence-corrected chi connectivity index (χ2v) is 3.93. The van der Waals surface area contributed by atoms with Crippen molar-refractivity contribution in [2.24, 2.45) is 0 Å². The zero-order chi connectivity index (χ0) is 8.16. The normalized spacial score (nSPS) is 22.4. The Morgan fingerprint density at radius 1 is 1.18 bits per heavy atom. The molecule has 0 aromatic carbocycles. The van der Waals surface area contributed by atoms with Crippen LogP contribution in [-0.2, 0) is 0 Å². The van der Waals surface area contributed by atoms with E-state index in [-0.39, 0.29) is 0 Å². The van der Waals surface area contributed by atoms with Gasteiger partial charge >= 0.3 is 0 Å². The van der Waals surface area contributed by atoms with Gasteiger partial charge in [0.25, 0.3) is 0 Å². The Bertz CT molecular complexity index is 108. The third-order valence-electron chi connectivity index (χ3n) is 2.75. The third-order valence-corrected chi connectivity index (χ3v) is 2.75. The van der Waals surface area contributed by atoms with E-state index in [1.807, 2.05) is 0 Å². The fourth-order valence-electron chi connectivity index (χ4n) is 1.93. The maximum absolute atomic E-state index is 8.62. The summed E-state index contributed by atoms with van der Waals surface area (Å²) in [5, 5.41) is 8.62. The number of likely N-dealkylation sites (tertiary alicyclic amines) is 1. The highest BCUT2D eigenvalue weighted by molar-refractivity contribution is 4.51. The molecular formula is C9H20NO+. The first-order valence-electron chi connectivity index (χ1n) is 4.71. The molecule has 2 nitrogen and oxygen atoms in total. The number of nitrogens with zero attached hydrogens (tertiary/aromatic N) is 1. The van der Waals surface area contributed by atoms with E-state index in [2.05, 4.69) is 7.05 Å². The summed E-state index contributed by atoms with van der Waals surface area (Å²) in [6.07, 6.45) is 4.96. The molecule has 1 heterocycles. The average Bonchev–Trinajstić information content (AvgIpc) is 2.38. The SMILES string of the molecule is C[N+]1(CCCCO)CCCC1. The molecule has 0 spiro atoms. The minimum Gasteiger partial charge on any atom is -0.396 e. The molecule has 0 aromatic rings. The van der Waals surface area contributed by atoms with Crippen molar-refractivity contribution in [3.05, 3.63) is 0 Å². The first-order chi connectivity index (χ1) is 5.27. The maximum Gasteiger partial charge on any atom is 0.0786 e. The van der Waals surface area contributed by atoms with Gasteiger partial charge in [-0.1, -0.05) is 0 Å². The molecule has 1 fully saturated rings. The number of hydrogen-bond acceptors (Lipinski definition) is 1. The van der Waals surface area contributed by atoms with E-state index in [0.717, 1.165) is 6.42 Å². The molecule has 0 saturated carbocycles. The first kappa shape index (κ1) is 9.01. The van der Waals surface area contributed by atoms with E-state index < -0.39 is 0 Å². The number of rotatable bonds is 4. The number of quaternary nitrogens is 1. The van der Waals surface area contributed by atoms with Crippen LogP contribution in [0, 0.1) is 0 Å². The molecule has 0 aromatic heterocycles. The van der Waals surface area contributed by atoms with Crippen LogP contribution in [0.1, 0.15) is 25.7 Å². The van der Waals surface area contributed by atoms with Gasteiger partial charge in [-0.15, -0.1) is 0 Å². The Morgan fingerprint density at radius 2 is 1.82 bits per heavy atom. The lowest BCUT2D eigenvalue weighted by Crippen LogP contribution is -2.41. The molecule has 0 unspecified atom stereocenters. The molecule has 0 amide bonds. The predicted molar refractivity (Wildman–Crippen MR) is 46.3 cm³/mol. The number of hydrogen-bond donors (Lipinski definition) is 1. The predicted octanol–water partition coefficient (Wildman–Crippen LogP) is 0.999. The van der Waals surface area contributed by atoms with Crippen molar-refractivity contribution in [2.75, 3.05) is 33.3 Å². The summed E-state index contributed by atoms with van der Waals surface area (Å²) in [5.74, 6) is 0. The Kier molecular flexibility index (Phi) is 3.34. The molecule has 1 aliphatic rings. The van der Waals surface area contributed by atoms with Crippen molar-refractivity contribution in [3.63, 3.8) is 0 Å². The molecule has 1 rings (SSSR count). The lowest BCUT2D eigenvalue weighted by atomic mass is 10.3. The van der Waals surface area contributed by atoms with Gasteiger partial charge in [0.05, 0.1) is 26.7 Å². The van der Waals surface area contributed by atoms with Crippen LogP contribution in [0.2, 0.25) is 0 Å². The molecule has 66 valence electrons. The van der Waals surface area contributed by atoms with Gasteiger partial charge < -0.3 is 9.59 Å².